The molecule has 1 atom stereocenters. The third-order valence-corrected chi connectivity index (χ3v) is 9.20. The van der Waals surface area contributed by atoms with Gasteiger partial charge in [0.25, 0.3) is 0 Å². The molecule has 5 heteroatoms. The van der Waals surface area contributed by atoms with Crippen LogP contribution in [0.25, 0.3) is 0 Å². The molecule has 2 amide bonds. The second kappa shape index (κ2) is 10.5. The first-order valence-corrected chi connectivity index (χ1v) is 13.8. The third kappa shape index (κ3) is 4.87. The first kappa shape index (κ1) is 25.1. The number of amides is 2. The summed E-state index contributed by atoms with van der Waals surface area (Å²) in [5.41, 5.74) is 2.77. The van der Waals surface area contributed by atoms with Crippen molar-refractivity contribution in [2.75, 3.05) is 33.4 Å². The Morgan fingerprint density at radius 2 is 1.72 bits per heavy atom. The van der Waals surface area contributed by atoms with Crippen molar-refractivity contribution in [1.29, 1.82) is 0 Å². The summed E-state index contributed by atoms with van der Waals surface area (Å²) in [5, 5.41) is 0. The number of rotatable bonds is 9. The highest BCUT2D eigenvalue weighted by molar-refractivity contribution is 5.78. The molecule has 0 radical (unpaired) electrons. The zero-order valence-corrected chi connectivity index (χ0v) is 22.2. The molecule has 1 unspecified atom stereocenters. The van der Waals surface area contributed by atoms with Crippen LogP contribution >= 0.6 is 0 Å². The molecule has 2 heterocycles. The smallest absolute Gasteiger partial charge is 0.320 e. The van der Waals surface area contributed by atoms with Crippen molar-refractivity contribution in [3.63, 3.8) is 0 Å². The van der Waals surface area contributed by atoms with Crippen LogP contribution in [0.2, 0.25) is 0 Å². The Morgan fingerprint density at radius 3 is 2.31 bits per heavy atom. The molecule has 0 aromatic heterocycles. The van der Waals surface area contributed by atoms with Gasteiger partial charge in [-0.3, -0.25) is 0 Å². The number of urea groups is 1. The van der Waals surface area contributed by atoms with Gasteiger partial charge in [-0.2, -0.15) is 0 Å². The van der Waals surface area contributed by atoms with E-state index in [2.05, 4.69) is 66.1 Å². The zero-order valence-electron chi connectivity index (χ0n) is 22.2. The van der Waals surface area contributed by atoms with E-state index in [-0.39, 0.29) is 17.0 Å². The number of hydrogen-bond donors (Lipinski definition) is 0. The lowest BCUT2D eigenvalue weighted by Gasteiger charge is -2.50. The molecular weight excluding hydrogens is 448 g/mol. The molecule has 5 nitrogen and oxygen atoms in total. The van der Waals surface area contributed by atoms with Gasteiger partial charge in [0.1, 0.15) is 5.75 Å². The summed E-state index contributed by atoms with van der Waals surface area (Å²) in [6.07, 6.45) is 6.85. The Labute approximate surface area is 216 Å². The maximum absolute atomic E-state index is 13.8. The van der Waals surface area contributed by atoms with Crippen LogP contribution in [0.4, 0.5) is 4.79 Å². The van der Waals surface area contributed by atoms with Crippen LogP contribution in [0.1, 0.15) is 63.5 Å². The molecule has 5 rings (SSSR count). The predicted molar refractivity (Wildman–Crippen MR) is 143 cm³/mol. The van der Waals surface area contributed by atoms with Crippen molar-refractivity contribution >= 4 is 6.03 Å². The second-order valence-corrected chi connectivity index (χ2v) is 11.6. The van der Waals surface area contributed by atoms with Crippen LogP contribution in [0.15, 0.2) is 54.6 Å². The summed E-state index contributed by atoms with van der Waals surface area (Å²) < 4.78 is 10.8. The fraction of sp³-hybridized carbons (Fsp3) is 0.581. The van der Waals surface area contributed by atoms with Gasteiger partial charge < -0.3 is 19.3 Å². The van der Waals surface area contributed by atoms with E-state index in [9.17, 15) is 4.79 Å². The number of benzene rings is 2. The van der Waals surface area contributed by atoms with Crippen LogP contribution in [0.5, 0.6) is 5.75 Å². The first-order valence-electron chi connectivity index (χ1n) is 13.8. The van der Waals surface area contributed by atoms with E-state index in [4.69, 9.17) is 9.47 Å². The molecule has 2 aromatic carbocycles. The maximum Gasteiger partial charge on any atom is 0.320 e. The summed E-state index contributed by atoms with van der Waals surface area (Å²) in [6, 6.07) is 19.5. The first-order chi connectivity index (χ1) is 17.5. The number of hydrogen-bond acceptors (Lipinski definition) is 3. The highest BCUT2D eigenvalue weighted by atomic mass is 16.5. The summed E-state index contributed by atoms with van der Waals surface area (Å²) >= 11 is 0. The zero-order chi connectivity index (χ0) is 25.2. The Hall–Kier alpha value is -2.53. The van der Waals surface area contributed by atoms with Gasteiger partial charge in [-0.15, -0.1) is 0 Å². The predicted octanol–water partition coefficient (Wildman–Crippen LogP) is 6.27. The van der Waals surface area contributed by atoms with Crippen LogP contribution in [0.3, 0.4) is 0 Å². The lowest BCUT2D eigenvalue weighted by Crippen LogP contribution is -2.55. The summed E-state index contributed by atoms with van der Waals surface area (Å²) in [4.78, 5) is 18.2. The molecule has 2 aliphatic heterocycles. The number of carbonyl (C=O) groups is 1. The van der Waals surface area contributed by atoms with Crippen molar-refractivity contribution in [3.8, 4) is 5.75 Å². The minimum atomic E-state index is -0.0765. The van der Waals surface area contributed by atoms with Gasteiger partial charge in [0.2, 0.25) is 0 Å². The quantitative estimate of drug-likeness (QED) is 0.416. The molecule has 2 saturated heterocycles. The fourth-order valence-corrected chi connectivity index (χ4v) is 6.71. The van der Waals surface area contributed by atoms with Gasteiger partial charge in [-0.05, 0) is 66.7 Å². The monoisotopic (exact) mass is 490 g/mol. The number of carbonyl (C=O) groups excluding carboxylic acids is 1. The van der Waals surface area contributed by atoms with E-state index in [0.29, 0.717) is 18.4 Å². The van der Waals surface area contributed by atoms with Crippen molar-refractivity contribution in [3.05, 3.63) is 65.7 Å². The molecule has 0 bridgehead atoms. The molecule has 3 aliphatic rings. The van der Waals surface area contributed by atoms with Crippen LogP contribution in [-0.2, 0) is 16.7 Å². The summed E-state index contributed by atoms with van der Waals surface area (Å²) in [6.45, 7) is 8.55. The van der Waals surface area contributed by atoms with Gasteiger partial charge in [-0.1, -0.05) is 62.7 Å². The molecule has 0 N–H and O–H groups in total. The fourth-order valence-electron chi connectivity index (χ4n) is 6.71. The van der Waals surface area contributed by atoms with E-state index in [1.807, 2.05) is 12.1 Å². The molecule has 194 valence electrons. The van der Waals surface area contributed by atoms with Crippen molar-refractivity contribution in [1.82, 2.24) is 9.80 Å². The minimum absolute atomic E-state index is 0.0765. The Bertz CT molecular complexity index is 1010. The highest BCUT2D eigenvalue weighted by Gasteiger charge is 2.54. The lowest BCUT2D eigenvalue weighted by atomic mass is 9.60. The Morgan fingerprint density at radius 1 is 1.03 bits per heavy atom. The van der Waals surface area contributed by atoms with Gasteiger partial charge >= 0.3 is 6.03 Å². The minimum Gasteiger partial charge on any atom is -0.497 e. The van der Waals surface area contributed by atoms with E-state index >= 15 is 0 Å². The molecule has 1 aliphatic carbocycles. The van der Waals surface area contributed by atoms with Crippen molar-refractivity contribution < 1.29 is 14.3 Å². The van der Waals surface area contributed by atoms with Gasteiger partial charge in [-0.25, -0.2) is 4.79 Å². The van der Waals surface area contributed by atoms with E-state index in [1.165, 1.54) is 18.4 Å². The number of methoxy groups -OCH3 is 1. The second-order valence-electron chi connectivity index (χ2n) is 11.6. The number of ether oxygens (including phenoxy) is 2. The summed E-state index contributed by atoms with van der Waals surface area (Å²) in [5.74, 6) is 2.01. The van der Waals surface area contributed by atoms with E-state index < -0.39 is 0 Å². The summed E-state index contributed by atoms with van der Waals surface area (Å²) in [7, 11) is 1.69. The molecule has 2 aromatic rings. The average Bonchev–Trinajstić information content (AvgIpc) is 3.13. The maximum atomic E-state index is 13.8. The van der Waals surface area contributed by atoms with Crippen LogP contribution in [0, 0.1) is 11.8 Å². The standard InChI is InChI=1S/C31H42N2O3/c1-4-24(2)18-30(27-8-6-5-7-9-27)14-16-31(17-15-30)23-32(19-25-10-12-28(35-3)13-11-25)29(34)33(31)20-26-21-36-22-26/h5-13,24,26H,4,14-23H2,1-3H3/t24?,30-,31-. The SMILES string of the molecule is CCC(C)C[C@]1(c2ccccc2)CC[C@]2(CC1)CN(Cc1ccc(OC)cc1)C(=O)N2CC1COC1. The van der Waals surface area contributed by atoms with Gasteiger partial charge in [0.15, 0.2) is 0 Å². The van der Waals surface area contributed by atoms with Crippen LogP contribution < -0.4 is 4.74 Å². The number of nitrogens with zero attached hydrogens (tertiary/aromatic N) is 2. The van der Waals surface area contributed by atoms with E-state index in [1.54, 1.807) is 7.11 Å². The average molecular weight is 491 g/mol. The molecule has 1 saturated carbocycles. The Balaban J connectivity index is 1.38. The van der Waals surface area contributed by atoms with E-state index in [0.717, 1.165) is 63.3 Å². The molecule has 1 spiro atoms. The normalized spacial score (nSPS) is 27.4. The molecule has 36 heavy (non-hydrogen) atoms. The third-order valence-electron chi connectivity index (χ3n) is 9.20. The topological polar surface area (TPSA) is 42.0 Å². The molecular formula is C31H42N2O3. The van der Waals surface area contributed by atoms with Crippen molar-refractivity contribution in [2.24, 2.45) is 11.8 Å². The van der Waals surface area contributed by atoms with Gasteiger partial charge in [0, 0.05) is 25.6 Å². The molecule has 3 fully saturated rings. The highest BCUT2D eigenvalue weighted by Crippen LogP contribution is 2.51. The largest absolute Gasteiger partial charge is 0.497 e. The van der Waals surface area contributed by atoms with Crippen molar-refractivity contribution in [2.45, 2.75) is 69.9 Å². The van der Waals surface area contributed by atoms with Crippen LogP contribution in [-0.4, -0.2) is 54.8 Å². The lowest BCUT2D eigenvalue weighted by molar-refractivity contribution is -0.0536. The Kier molecular flexibility index (Phi) is 7.30. The van der Waals surface area contributed by atoms with Gasteiger partial charge in [0.05, 0.1) is 25.9 Å².